The van der Waals surface area contributed by atoms with Gasteiger partial charge in [-0.3, -0.25) is 0 Å². The first-order valence-electron chi connectivity index (χ1n) is 6.05. The summed E-state index contributed by atoms with van der Waals surface area (Å²) >= 11 is 0. The van der Waals surface area contributed by atoms with Crippen LogP contribution in [0.15, 0.2) is 18.2 Å². The molecule has 0 bridgehead atoms. The van der Waals surface area contributed by atoms with Crippen LogP contribution in [-0.2, 0) is 0 Å². The predicted molar refractivity (Wildman–Crippen MR) is 68.3 cm³/mol. The average Bonchev–Trinajstić information content (AvgIpc) is 2.29. The average molecular weight is 234 g/mol. The van der Waals surface area contributed by atoms with Crippen molar-refractivity contribution in [2.75, 3.05) is 11.1 Å². The van der Waals surface area contributed by atoms with Crippen LogP contribution in [0.4, 0.5) is 11.4 Å². The lowest BCUT2D eigenvalue weighted by atomic mass is 9.95. The summed E-state index contributed by atoms with van der Waals surface area (Å²) in [5, 5.41) is 12.3. The van der Waals surface area contributed by atoms with E-state index >= 15 is 0 Å². The van der Waals surface area contributed by atoms with Crippen LogP contribution in [0, 0.1) is 0 Å². The van der Waals surface area contributed by atoms with Gasteiger partial charge in [0.2, 0.25) is 0 Å². The van der Waals surface area contributed by atoms with Gasteiger partial charge in [0.1, 0.15) is 0 Å². The van der Waals surface area contributed by atoms with E-state index in [4.69, 9.17) is 10.8 Å². The van der Waals surface area contributed by atoms with Crippen molar-refractivity contribution in [3.05, 3.63) is 23.8 Å². The van der Waals surface area contributed by atoms with E-state index in [1.54, 1.807) is 12.1 Å². The number of hydrogen-bond donors (Lipinski definition) is 3. The number of nitrogen functional groups attached to an aromatic ring is 1. The highest BCUT2D eigenvalue weighted by atomic mass is 16.4. The van der Waals surface area contributed by atoms with Crippen molar-refractivity contribution < 1.29 is 9.90 Å². The fourth-order valence-corrected chi connectivity index (χ4v) is 2.34. The van der Waals surface area contributed by atoms with E-state index in [1.165, 1.54) is 25.3 Å². The molecule has 4 nitrogen and oxygen atoms in total. The predicted octanol–water partition coefficient (Wildman–Crippen LogP) is 2.71. The maximum Gasteiger partial charge on any atom is 0.335 e. The van der Waals surface area contributed by atoms with Crippen LogP contribution in [0.2, 0.25) is 0 Å². The molecule has 1 aliphatic rings. The maximum absolute atomic E-state index is 10.9. The van der Waals surface area contributed by atoms with Crippen LogP contribution in [0.1, 0.15) is 42.5 Å². The molecule has 17 heavy (non-hydrogen) atoms. The molecule has 1 saturated carbocycles. The largest absolute Gasteiger partial charge is 0.478 e. The molecular formula is C13H18N2O2. The number of aromatic carboxylic acids is 1. The second-order valence-electron chi connectivity index (χ2n) is 4.63. The summed E-state index contributed by atoms with van der Waals surface area (Å²) in [4.78, 5) is 10.9. The van der Waals surface area contributed by atoms with Crippen LogP contribution in [-0.4, -0.2) is 17.1 Å². The molecule has 1 aliphatic carbocycles. The third-order valence-corrected chi connectivity index (χ3v) is 3.18. The van der Waals surface area contributed by atoms with E-state index in [2.05, 4.69) is 5.32 Å². The minimum Gasteiger partial charge on any atom is -0.478 e. The van der Waals surface area contributed by atoms with Crippen molar-refractivity contribution in [3.8, 4) is 0 Å². The van der Waals surface area contributed by atoms with Crippen LogP contribution in [0.5, 0.6) is 0 Å². The molecule has 1 fully saturated rings. The zero-order valence-electron chi connectivity index (χ0n) is 9.78. The van der Waals surface area contributed by atoms with Gasteiger partial charge in [0.15, 0.2) is 0 Å². The van der Waals surface area contributed by atoms with Crippen LogP contribution in [0.25, 0.3) is 0 Å². The fraction of sp³-hybridized carbons (Fsp3) is 0.462. The van der Waals surface area contributed by atoms with Crippen molar-refractivity contribution >= 4 is 17.3 Å². The number of rotatable bonds is 3. The summed E-state index contributed by atoms with van der Waals surface area (Å²) in [5.74, 6) is -0.941. The van der Waals surface area contributed by atoms with Gasteiger partial charge in [0.05, 0.1) is 5.56 Å². The lowest BCUT2D eigenvalue weighted by Crippen LogP contribution is -2.22. The molecule has 0 saturated heterocycles. The van der Waals surface area contributed by atoms with E-state index in [-0.39, 0.29) is 5.56 Å². The van der Waals surface area contributed by atoms with Crippen LogP contribution < -0.4 is 11.1 Å². The summed E-state index contributed by atoms with van der Waals surface area (Å²) in [7, 11) is 0. The highest BCUT2D eigenvalue weighted by Gasteiger charge is 2.14. The van der Waals surface area contributed by atoms with Gasteiger partial charge in [0.25, 0.3) is 0 Å². The molecule has 0 unspecified atom stereocenters. The minimum absolute atomic E-state index is 0.239. The third kappa shape index (κ3) is 3.12. The van der Waals surface area contributed by atoms with E-state index < -0.39 is 5.97 Å². The molecule has 0 radical (unpaired) electrons. The molecule has 2 rings (SSSR count). The van der Waals surface area contributed by atoms with Gasteiger partial charge in [-0.1, -0.05) is 19.3 Å². The molecule has 1 aromatic carbocycles. The number of nitrogens with two attached hydrogens (primary N) is 1. The van der Waals surface area contributed by atoms with Crippen molar-refractivity contribution in [3.63, 3.8) is 0 Å². The number of carboxylic acid groups (broad SMARTS) is 1. The molecule has 4 N–H and O–H groups in total. The highest BCUT2D eigenvalue weighted by molar-refractivity contribution is 5.90. The minimum atomic E-state index is -0.941. The van der Waals surface area contributed by atoms with E-state index in [0.717, 1.165) is 18.5 Å². The molecule has 1 aromatic rings. The fourth-order valence-electron chi connectivity index (χ4n) is 2.34. The molecule has 0 heterocycles. The Hall–Kier alpha value is -1.71. The standard InChI is InChI=1S/C13H18N2O2/c14-10-6-9(13(16)17)7-12(8-10)15-11-4-2-1-3-5-11/h6-8,11,15H,1-5,14H2,(H,16,17). The summed E-state index contributed by atoms with van der Waals surface area (Å²) in [5.41, 5.74) is 7.24. The molecular weight excluding hydrogens is 216 g/mol. The second-order valence-corrected chi connectivity index (χ2v) is 4.63. The number of carbonyl (C=O) groups is 1. The van der Waals surface area contributed by atoms with Crippen molar-refractivity contribution in [1.29, 1.82) is 0 Å². The first kappa shape index (κ1) is 11.8. The topological polar surface area (TPSA) is 75.3 Å². The summed E-state index contributed by atoms with van der Waals surface area (Å²) in [6, 6.07) is 5.37. The lowest BCUT2D eigenvalue weighted by molar-refractivity contribution is 0.0697. The molecule has 4 heteroatoms. The first-order chi connectivity index (χ1) is 8.15. The Balaban J connectivity index is 2.11. The molecule has 0 aromatic heterocycles. The molecule has 0 atom stereocenters. The van der Waals surface area contributed by atoms with E-state index in [1.807, 2.05) is 0 Å². The zero-order valence-corrected chi connectivity index (χ0v) is 9.78. The van der Waals surface area contributed by atoms with Crippen LogP contribution >= 0.6 is 0 Å². The number of benzene rings is 1. The highest BCUT2D eigenvalue weighted by Crippen LogP contribution is 2.23. The number of nitrogens with one attached hydrogen (secondary N) is 1. The Morgan fingerprint density at radius 1 is 1.24 bits per heavy atom. The van der Waals surface area contributed by atoms with Gasteiger partial charge >= 0.3 is 5.97 Å². The van der Waals surface area contributed by atoms with Gasteiger partial charge in [0, 0.05) is 17.4 Å². The first-order valence-corrected chi connectivity index (χ1v) is 6.05. The number of anilines is 2. The zero-order chi connectivity index (χ0) is 12.3. The summed E-state index contributed by atoms with van der Waals surface area (Å²) < 4.78 is 0. The molecule has 0 aliphatic heterocycles. The second kappa shape index (κ2) is 5.08. The summed E-state index contributed by atoms with van der Waals surface area (Å²) in [6.45, 7) is 0. The van der Waals surface area contributed by atoms with Gasteiger partial charge < -0.3 is 16.2 Å². The monoisotopic (exact) mass is 234 g/mol. The molecule has 0 spiro atoms. The van der Waals surface area contributed by atoms with Gasteiger partial charge in [-0.2, -0.15) is 0 Å². The Morgan fingerprint density at radius 2 is 1.94 bits per heavy atom. The van der Waals surface area contributed by atoms with Crippen molar-refractivity contribution in [1.82, 2.24) is 0 Å². The SMILES string of the molecule is Nc1cc(NC2CCCCC2)cc(C(=O)O)c1. The van der Waals surface area contributed by atoms with E-state index in [9.17, 15) is 4.79 Å². The molecule has 0 amide bonds. The van der Waals surface area contributed by atoms with Gasteiger partial charge in [-0.05, 0) is 31.0 Å². The quantitative estimate of drug-likeness (QED) is 0.703. The number of carboxylic acids is 1. The Bertz CT molecular complexity index is 412. The van der Waals surface area contributed by atoms with Crippen molar-refractivity contribution in [2.24, 2.45) is 0 Å². The Labute approximate surface area is 101 Å². The smallest absolute Gasteiger partial charge is 0.335 e. The normalized spacial score (nSPS) is 16.7. The lowest BCUT2D eigenvalue weighted by Gasteiger charge is -2.24. The van der Waals surface area contributed by atoms with E-state index in [0.29, 0.717) is 11.7 Å². The summed E-state index contributed by atoms with van der Waals surface area (Å²) in [6.07, 6.45) is 6.08. The third-order valence-electron chi connectivity index (χ3n) is 3.18. The Morgan fingerprint density at radius 3 is 2.59 bits per heavy atom. The van der Waals surface area contributed by atoms with Gasteiger partial charge in [-0.25, -0.2) is 4.79 Å². The van der Waals surface area contributed by atoms with Gasteiger partial charge in [-0.15, -0.1) is 0 Å². The molecule has 92 valence electrons. The van der Waals surface area contributed by atoms with Crippen LogP contribution in [0.3, 0.4) is 0 Å². The maximum atomic E-state index is 10.9. The number of hydrogen-bond acceptors (Lipinski definition) is 3. The van der Waals surface area contributed by atoms with Crippen molar-refractivity contribution in [2.45, 2.75) is 38.1 Å². The Kier molecular flexibility index (Phi) is 3.52.